The van der Waals surface area contributed by atoms with E-state index in [1.165, 1.54) is 11.1 Å². The number of hydrogen-bond donors (Lipinski definition) is 2. The lowest BCUT2D eigenvalue weighted by Crippen LogP contribution is -2.49. The summed E-state index contributed by atoms with van der Waals surface area (Å²) in [4.78, 5) is 14.3. The lowest BCUT2D eigenvalue weighted by Gasteiger charge is -2.38. The fourth-order valence-electron chi connectivity index (χ4n) is 3.03. The van der Waals surface area contributed by atoms with Crippen LogP contribution in [0.4, 0.5) is 5.69 Å². The molecular weight excluding hydrogens is 264 g/mol. The zero-order valence-corrected chi connectivity index (χ0v) is 13.2. The second-order valence-electron chi connectivity index (χ2n) is 6.19. The average molecular weight is 290 g/mol. The molecule has 2 atom stereocenters. The molecule has 21 heavy (non-hydrogen) atoms. The van der Waals surface area contributed by atoms with Gasteiger partial charge in [0.15, 0.2) is 0 Å². The van der Waals surface area contributed by atoms with Crippen molar-refractivity contribution < 1.29 is 9.90 Å². The quantitative estimate of drug-likeness (QED) is 0.895. The monoisotopic (exact) mass is 290 g/mol. The van der Waals surface area contributed by atoms with Crippen LogP contribution >= 0.6 is 0 Å². The summed E-state index contributed by atoms with van der Waals surface area (Å²) in [5.74, 6) is 0.434. The molecule has 1 fully saturated rings. The van der Waals surface area contributed by atoms with Crippen LogP contribution < -0.4 is 5.32 Å². The maximum atomic E-state index is 12.2. The topological polar surface area (TPSA) is 52.6 Å². The van der Waals surface area contributed by atoms with Crippen LogP contribution in [-0.2, 0) is 4.79 Å². The molecule has 1 heterocycles. The van der Waals surface area contributed by atoms with Gasteiger partial charge in [-0.2, -0.15) is 0 Å². The maximum Gasteiger partial charge on any atom is 0.238 e. The number of likely N-dealkylation sites (tertiary alicyclic amines) is 1. The molecule has 1 aliphatic rings. The predicted molar refractivity (Wildman–Crippen MR) is 85.4 cm³/mol. The third-order valence-electron chi connectivity index (χ3n) is 4.56. The highest BCUT2D eigenvalue weighted by Gasteiger charge is 2.29. The number of hydrogen-bond acceptors (Lipinski definition) is 3. The minimum Gasteiger partial charge on any atom is -0.395 e. The Balaban J connectivity index is 1.95. The Labute approximate surface area is 127 Å². The number of nitrogens with one attached hydrogen (secondary N) is 1. The van der Waals surface area contributed by atoms with Crippen molar-refractivity contribution in [2.75, 3.05) is 25.0 Å². The molecule has 1 saturated heterocycles. The number of nitrogens with zero attached hydrogens (tertiary/aromatic N) is 1. The molecule has 116 valence electrons. The van der Waals surface area contributed by atoms with Crippen LogP contribution in [0.1, 0.15) is 30.9 Å². The van der Waals surface area contributed by atoms with Gasteiger partial charge in [0, 0.05) is 11.7 Å². The van der Waals surface area contributed by atoms with Crippen LogP contribution in [0.2, 0.25) is 0 Å². The third-order valence-corrected chi connectivity index (χ3v) is 4.56. The van der Waals surface area contributed by atoms with Crippen molar-refractivity contribution >= 4 is 11.6 Å². The van der Waals surface area contributed by atoms with Gasteiger partial charge in [0.2, 0.25) is 5.91 Å². The lowest BCUT2D eigenvalue weighted by atomic mass is 9.91. The fourth-order valence-corrected chi connectivity index (χ4v) is 3.03. The second kappa shape index (κ2) is 7.05. The molecule has 4 nitrogen and oxygen atoms in total. The van der Waals surface area contributed by atoms with Crippen LogP contribution in [-0.4, -0.2) is 41.7 Å². The van der Waals surface area contributed by atoms with Crippen molar-refractivity contribution in [3.05, 3.63) is 29.3 Å². The summed E-state index contributed by atoms with van der Waals surface area (Å²) < 4.78 is 0. The normalized spacial score (nSPS) is 23.0. The Morgan fingerprint density at radius 1 is 1.38 bits per heavy atom. The zero-order chi connectivity index (χ0) is 15.4. The van der Waals surface area contributed by atoms with Gasteiger partial charge < -0.3 is 10.4 Å². The van der Waals surface area contributed by atoms with E-state index in [9.17, 15) is 9.90 Å². The first-order chi connectivity index (χ1) is 10.0. The van der Waals surface area contributed by atoms with Crippen LogP contribution in [0.3, 0.4) is 0 Å². The first-order valence-electron chi connectivity index (χ1n) is 7.73. The molecule has 2 unspecified atom stereocenters. The van der Waals surface area contributed by atoms with E-state index in [2.05, 4.69) is 24.1 Å². The van der Waals surface area contributed by atoms with Crippen molar-refractivity contribution in [2.45, 2.75) is 39.7 Å². The zero-order valence-electron chi connectivity index (χ0n) is 13.2. The van der Waals surface area contributed by atoms with Crippen LogP contribution in [0, 0.1) is 19.8 Å². The summed E-state index contributed by atoms with van der Waals surface area (Å²) in [6.45, 7) is 7.60. The largest absolute Gasteiger partial charge is 0.395 e. The summed E-state index contributed by atoms with van der Waals surface area (Å²) in [5.41, 5.74) is 3.24. The van der Waals surface area contributed by atoms with Crippen molar-refractivity contribution in [3.8, 4) is 0 Å². The highest BCUT2D eigenvalue weighted by molar-refractivity contribution is 5.92. The minimum atomic E-state index is -0.00852. The van der Waals surface area contributed by atoms with Gasteiger partial charge in [-0.25, -0.2) is 0 Å². The average Bonchev–Trinajstić information content (AvgIpc) is 2.43. The summed E-state index contributed by atoms with van der Waals surface area (Å²) >= 11 is 0. The number of aliphatic hydroxyl groups excluding tert-OH is 1. The molecule has 2 rings (SSSR count). The number of rotatable bonds is 4. The van der Waals surface area contributed by atoms with E-state index < -0.39 is 0 Å². The molecule has 1 aromatic carbocycles. The van der Waals surface area contributed by atoms with Gasteiger partial charge in [-0.15, -0.1) is 0 Å². The summed E-state index contributed by atoms with van der Waals surface area (Å²) in [6, 6.07) is 6.05. The Morgan fingerprint density at radius 2 is 2.14 bits per heavy atom. The molecule has 2 N–H and O–H groups in total. The molecule has 0 spiro atoms. The van der Waals surface area contributed by atoms with Gasteiger partial charge in [-0.1, -0.05) is 13.0 Å². The van der Waals surface area contributed by atoms with E-state index in [0.717, 1.165) is 25.1 Å². The van der Waals surface area contributed by atoms with E-state index in [4.69, 9.17) is 0 Å². The van der Waals surface area contributed by atoms with Crippen molar-refractivity contribution in [2.24, 2.45) is 5.92 Å². The molecule has 0 aromatic heterocycles. The highest BCUT2D eigenvalue weighted by atomic mass is 16.3. The fraction of sp³-hybridized carbons (Fsp3) is 0.588. The van der Waals surface area contributed by atoms with Crippen LogP contribution in [0.5, 0.6) is 0 Å². The van der Waals surface area contributed by atoms with E-state index in [-0.39, 0.29) is 18.6 Å². The van der Waals surface area contributed by atoms with Gasteiger partial charge >= 0.3 is 0 Å². The van der Waals surface area contributed by atoms with E-state index in [1.807, 2.05) is 25.1 Å². The number of benzene rings is 1. The van der Waals surface area contributed by atoms with E-state index in [1.54, 1.807) is 0 Å². The lowest BCUT2D eigenvalue weighted by molar-refractivity contribution is -0.118. The second-order valence-corrected chi connectivity index (χ2v) is 6.19. The molecule has 1 amide bonds. The molecule has 0 aliphatic carbocycles. The number of carbonyl (C=O) groups excluding carboxylic acids is 1. The molecule has 1 aromatic rings. The third kappa shape index (κ3) is 4.05. The van der Waals surface area contributed by atoms with Crippen LogP contribution in [0.15, 0.2) is 18.2 Å². The molecular formula is C17H26N2O2. The molecule has 4 heteroatoms. The van der Waals surface area contributed by atoms with E-state index in [0.29, 0.717) is 12.5 Å². The standard InChI is InChI=1S/C17H26N2O2/c1-12-6-7-15(9-14(12)3)18-17(21)10-19-8-4-5-13(2)16(19)11-20/h6-7,9,13,16,20H,4-5,8,10-11H2,1-3H3,(H,18,21). The SMILES string of the molecule is Cc1ccc(NC(=O)CN2CCCC(C)C2CO)cc1C. The number of amides is 1. The molecule has 0 radical (unpaired) electrons. The Kier molecular flexibility index (Phi) is 5.37. The number of piperidine rings is 1. The summed E-state index contributed by atoms with van der Waals surface area (Å²) in [5, 5.41) is 12.5. The van der Waals surface area contributed by atoms with Crippen LogP contribution in [0.25, 0.3) is 0 Å². The van der Waals surface area contributed by atoms with Gasteiger partial charge in [-0.05, 0) is 62.4 Å². The molecule has 1 aliphatic heterocycles. The minimum absolute atomic E-state index is 0.00852. The summed E-state index contributed by atoms with van der Waals surface area (Å²) in [6.07, 6.45) is 2.22. The predicted octanol–water partition coefficient (Wildman–Crippen LogP) is 2.33. The number of anilines is 1. The van der Waals surface area contributed by atoms with Gasteiger partial charge in [0.25, 0.3) is 0 Å². The van der Waals surface area contributed by atoms with Crippen molar-refractivity contribution in [1.29, 1.82) is 0 Å². The van der Waals surface area contributed by atoms with Crippen molar-refractivity contribution in [3.63, 3.8) is 0 Å². The van der Waals surface area contributed by atoms with Gasteiger partial charge in [0.05, 0.1) is 13.2 Å². The first-order valence-corrected chi connectivity index (χ1v) is 7.73. The summed E-state index contributed by atoms with van der Waals surface area (Å²) in [7, 11) is 0. The first kappa shape index (κ1) is 16.0. The molecule has 0 bridgehead atoms. The number of aryl methyl sites for hydroxylation is 2. The smallest absolute Gasteiger partial charge is 0.238 e. The Hall–Kier alpha value is -1.39. The van der Waals surface area contributed by atoms with Gasteiger partial charge in [0.1, 0.15) is 0 Å². The number of aliphatic hydroxyl groups is 1. The Morgan fingerprint density at radius 3 is 2.81 bits per heavy atom. The van der Waals surface area contributed by atoms with Gasteiger partial charge in [-0.3, -0.25) is 9.69 Å². The number of carbonyl (C=O) groups is 1. The van der Waals surface area contributed by atoms with E-state index >= 15 is 0 Å². The Bertz CT molecular complexity index is 502. The maximum absolute atomic E-state index is 12.2. The molecule has 0 saturated carbocycles. The highest BCUT2D eigenvalue weighted by Crippen LogP contribution is 2.23. The van der Waals surface area contributed by atoms with Crippen molar-refractivity contribution in [1.82, 2.24) is 4.90 Å².